The molecule has 1 saturated carbocycles. The second-order valence-corrected chi connectivity index (χ2v) is 9.25. The first-order chi connectivity index (χ1) is 12.3. The molecule has 1 N–H and O–H groups in total. The molecule has 3 saturated heterocycles. The summed E-state index contributed by atoms with van der Waals surface area (Å²) in [5, 5.41) is 5.12. The minimum atomic E-state index is 0.191. The van der Waals surface area contributed by atoms with Gasteiger partial charge in [0.1, 0.15) is 0 Å². The SMILES string of the molecule is O=C(CCN1C[C@H]2CC[C@@H](C1)N(CC1CCC1)C2)NCc1cccs1. The van der Waals surface area contributed by atoms with Crippen LogP contribution in [0, 0.1) is 11.8 Å². The van der Waals surface area contributed by atoms with Gasteiger partial charge in [0.25, 0.3) is 0 Å². The standard InChI is InChI=1S/C20H31N3OS/c24-20(21-11-19-5-2-10-25-19)8-9-22-12-17-6-7-18(15-22)23(14-17)13-16-3-1-4-16/h2,5,10,16-18H,1,3-4,6-9,11-15H2,(H,21,24)/t17-,18+/m1/s1. The molecule has 1 amide bonds. The van der Waals surface area contributed by atoms with Gasteiger partial charge < -0.3 is 10.2 Å². The molecule has 5 rings (SSSR count). The lowest BCUT2D eigenvalue weighted by Crippen LogP contribution is -2.47. The van der Waals surface area contributed by atoms with Crippen molar-refractivity contribution in [2.24, 2.45) is 11.8 Å². The lowest BCUT2D eigenvalue weighted by Gasteiger charge is -2.40. The Morgan fingerprint density at radius 1 is 1.20 bits per heavy atom. The van der Waals surface area contributed by atoms with E-state index in [1.165, 1.54) is 63.2 Å². The van der Waals surface area contributed by atoms with Crippen molar-refractivity contribution < 1.29 is 4.79 Å². The normalized spacial score (nSPS) is 27.8. The molecule has 0 unspecified atom stereocenters. The molecule has 0 spiro atoms. The van der Waals surface area contributed by atoms with Gasteiger partial charge in [0.2, 0.25) is 5.91 Å². The Bertz CT molecular complexity index is 557. The number of piperidine rings is 1. The first-order valence-corrected chi connectivity index (χ1v) is 10.9. The molecule has 4 aliphatic rings. The van der Waals surface area contributed by atoms with Crippen LogP contribution in [0.5, 0.6) is 0 Å². The zero-order valence-corrected chi connectivity index (χ0v) is 16.0. The van der Waals surface area contributed by atoms with Gasteiger partial charge in [-0.2, -0.15) is 0 Å². The lowest BCUT2D eigenvalue weighted by molar-refractivity contribution is -0.121. The number of fused-ring (bicyclic) bond motifs is 4. The van der Waals surface area contributed by atoms with E-state index in [1.807, 2.05) is 6.07 Å². The predicted molar refractivity (Wildman–Crippen MR) is 103 cm³/mol. The van der Waals surface area contributed by atoms with Gasteiger partial charge in [-0.1, -0.05) is 12.5 Å². The molecular weight excluding hydrogens is 330 g/mol. The van der Waals surface area contributed by atoms with Gasteiger partial charge in [0.05, 0.1) is 6.54 Å². The molecule has 1 aromatic heterocycles. The molecule has 3 aliphatic heterocycles. The summed E-state index contributed by atoms with van der Waals surface area (Å²) >= 11 is 1.70. The highest BCUT2D eigenvalue weighted by atomic mass is 32.1. The summed E-state index contributed by atoms with van der Waals surface area (Å²) in [4.78, 5) is 18.7. The Kier molecular flexibility index (Phi) is 5.73. The number of hydrogen-bond donors (Lipinski definition) is 1. The number of rotatable bonds is 7. The Hall–Kier alpha value is -0.910. The van der Waals surface area contributed by atoms with Crippen LogP contribution in [0.2, 0.25) is 0 Å². The van der Waals surface area contributed by atoms with Gasteiger partial charge in [-0.15, -0.1) is 11.3 Å². The number of carbonyl (C=O) groups is 1. The number of carbonyl (C=O) groups excluding carboxylic acids is 1. The Labute approximate surface area is 155 Å². The molecule has 0 radical (unpaired) electrons. The van der Waals surface area contributed by atoms with E-state index in [9.17, 15) is 4.79 Å². The second kappa shape index (κ2) is 8.19. The van der Waals surface area contributed by atoms with Crippen LogP contribution < -0.4 is 5.32 Å². The summed E-state index contributed by atoms with van der Waals surface area (Å²) in [6.07, 6.45) is 7.71. The number of nitrogens with zero attached hydrogens (tertiary/aromatic N) is 2. The first kappa shape index (κ1) is 17.5. The van der Waals surface area contributed by atoms with Crippen molar-refractivity contribution in [2.75, 3.05) is 32.7 Å². The van der Waals surface area contributed by atoms with E-state index in [2.05, 4.69) is 26.6 Å². The molecule has 0 aromatic carbocycles. The molecule has 5 heteroatoms. The molecule has 25 heavy (non-hydrogen) atoms. The molecule has 2 bridgehead atoms. The third-order valence-corrected chi connectivity index (χ3v) is 7.19. The molecule has 4 heterocycles. The summed E-state index contributed by atoms with van der Waals surface area (Å²) in [6.45, 7) is 6.58. The van der Waals surface area contributed by atoms with E-state index in [1.54, 1.807) is 11.3 Å². The zero-order chi connectivity index (χ0) is 17.1. The van der Waals surface area contributed by atoms with E-state index in [0.717, 1.165) is 24.4 Å². The van der Waals surface area contributed by atoms with E-state index >= 15 is 0 Å². The number of thiophene rings is 1. The number of hydrogen-bond acceptors (Lipinski definition) is 4. The highest BCUT2D eigenvalue weighted by Crippen LogP contribution is 2.33. The van der Waals surface area contributed by atoms with Gasteiger partial charge in [0, 0.05) is 50.1 Å². The fourth-order valence-corrected chi connectivity index (χ4v) is 5.28. The summed E-state index contributed by atoms with van der Waals surface area (Å²) in [7, 11) is 0. The molecule has 138 valence electrons. The topological polar surface area (TPSA) is 35.6 Å². The van der Waals surface area contributed by atoms with Crippen molar-refractivity contribution in [1.29, 1.82) is 0 Å². The molecular formula is C20H31N3OS. The van der Waals surface area contributed by atoms with Crippen molar-refractivity contribution in [3.63, 3.8) is 0 Å². The second-order valence-electron chi connectivity index (χ2n) is 8.21. The van der Waals surface area contributed by atoms with Gasteiger partial charge in [0.15, 0.2) is 0 Å². The molecule has 1 aliphatic carbocycles. The van der Waals surface area contributed by atoms with Crippen molar-refractivity contribution >= 4 is 17.2 Å². The van der Waals surface area contributed by atoms with Crippen LogP contribution in [0.15, 0.2) is 17.5 Å². The molecule has 4 fully saturated rings. The quantitative estimate of drug-likeness (QED) is 0.811. The average molecular weight is 362 g/mol. The fourth-order valence-electron chi connectivity index (χ4n) is 4.64. The maximum Gasteiger partial charge on any atom is 0.221 e. The minimum absolute atomic E-state index is 0.191. The number of amides is 1. The van der Waals surface area contributed by atoms with Gasteiger partial charge >= 0.3 is 0 Å². The molecule has 2 atom stereocenters. The third kappa shape index (κ3) is 4.63. The fraction of sp³-hybridized carbons (Fsp3) is 0.750. The van der Waals surface area contributed by atoms with Crippen LogP contribution in [0.4, 0.5) is 0 Å². The highest BCUT2D eigenvalue weighted by Gasteiger charge is 2.36. The maximum atomic E-state index is 12.2. The zero-order valence-electron chi connectivity index (χ0n) is 15.2. The van der Waals surface area contributed by atoms with Crippen molar-refractivity contribution in [3.05, 3.63) is 22.4 Å². The largest absolute Gasteiger partial charge is 0.351 e. The molecule has 1 aromatic rings. The van der Waals surface area contributed by atoms with Crippen molar-refractivity contribution in [2.45, 2.75) is 51.1 Å². The maximum absolute atomic E-state index is 12.2. The number of nitrogens with one attached hydrogen (secondary N) is 1. The Balaban J connectivity index is 1.22. The van der Waals surface area contributed by atoms with Crippen LogP contribution in [0.3, 0.4) is 0 Å². The van der Waals surface area contributed by atoms with E-state index in [4.69, 9.17) is 0 Å². The predicted octanol–water partition coefficient (Wildman–Crippen LogP) is 2.95. The van der Waals surface area contributed by atoms with Crippen molar-refractivity contribution in [3.8, 4) is 0 Å². The van der Waals surface area contributed by atoms with Crippen LogP contribution in [0.25, 0.3) is 0 Å². The summed E-state index contributed by atoms with van der Waals surface area (Å²) < 4.78 is 0. The van der Waals surface area contributed by atoms with E-state index in [-0.39, 0.29) is 5.91 Å². The summed E-state index contributed by atoms with van der Waals surface area (Å²) in [5.41, 5.74) is 0. The minimum Gasteiger partial charge on any atom is -0.351 e. The van der Waals surface area contributed by atoms with Crippen LogP contribution in [-0.2, 0) is 11.3 Å². The van der Waals surface area contributed by atoms with Crippen LogP contribution in [-0.4, -0.2) is 54.5 Å². The van der Waals surface area contributed by atoms with Crippen LogP contribution in [0.1, 0.15) is 43.4 Å². The van der Waals surface area contributed by atoms with Crippen LogP contribution >= 0.6 is 11.3 Å². The Morgan fingerprint density at radius 2 is 2.12 bits per heavy atom. The summed E-state index contributed by atoms with van der Waals surface area (Å²) in [5.74, 6) is 1.97. The Morgan fingerprint density at radius 3 is 2.88 bits per heavy atom. The van der Waals surface area contributed by atoms with E-state index < -0.39 is 0 Å². The van der Waals surface area contributed by atoms with Gasteiger partial charge in [-0.3, -0.25) is 9.69 Å². The monoisotopic (exact) mass is 361 g/mol. The van der Waals surface area contributed by atoms with Gasteiger partial charge in [-0.25, -0.2) is 0 Å². The average Bonchev–Trinajstić information content (AvgIpc) is 2.95. The van der Waals surface area contributed by atoms with Gasteiger partial charge in [-0.05, 0) is 49.0 Å². The smallest absolute Gasteiger partial charge is 0.221 e. The molecule has 4 nitrogen and oxygen atoms in total. The van der Waals surface area contributed by atoms with Crippen molar-refractivity contribution in [1.82, 2.24) is 15.1 Å². The third-order valence-electron chi connectivity index (χ3n) is 6.32. The highest BCUT2D eigenvalue weighted by molar-refractivity contribution is 7.09. The lowest BCUT2D eigenvalue weighted by atomic mass is 9.83. The summed E-state index contributed by atoms with van der Waals surface area (Å²) in [6, 6.07) is 4.84. The first-order valence-electron chi connectivity index (χ1n) is 10.0. The van der Waals surface area contributed by atoms with E-state index in [0.29, 0.717) is 13.0 Å².